The van der Waals surface area contributed by atoms with Crippen molar-refractivity contribution in [1.29, 1.82) is 0 Å². The zero-order valence-corrected chi connectivity index (χ0v) is 11.6. The molecule has 1 atom stereocenters. The number of esters is 1. The van der Waals surface area contributed by atoms with Crippen molar-refractivity contribution in [2.45, 2.75) is 25.2 Å². The van der Waals surface area contributed by atoms with Gasteiger partial charge in [0, 0.05) is 5.92 Å². The average Bonchev–Trinajstić information content (AvgIpc) is 2.86. The van der Waals surface area contributed by atoms with E-state index in [9.17, 15) is 14.9 Å². The van der Waals surface area contributed by atoms with E-state index in [4.69, 9.17) is 4.74 Å². The van der Waals surface area contributed by atoms with Gasteiger partial charge in [-0.05, 0) is 24.0 Å². The molecule has 0 fully saturated rings. The summed E-state index contributed by atoms with van der Waals surface area (Å²) in [6.45, 7) is 0.293. The van der Waals surface area contributed by atoms with E-state index in [-0.39, 0.29) is 25.1 Å². The third-order valence-electron chi connectivity index (χ3n) is 3.29. The fourth-order valence-electron chi connectivity index (χ4n) is 2.27. The summed E-state index contributed by atoms with van der Waals surface area (Å²) in [6.07, 6.45) is 5.38. The number of carbonyl (C=O) groups excluding carboxylic acids is 1. The molecule has 112 valence electrons. The predicted octanol–water partition coefficient (Wildman–Crippen LogP) is 2.72. The number of carbonyl (C=O) groups is 1. The molecule has 0 radical (unpaired) electrons. The highest BCUT2D eigenvalue weighted by Crippen LogP contribution is 2.32. The molecule has 0 saturated carbocycles. The maximum atomic E-state index is 11.8. The van der Waals surface area contributed by atoms with Gasteiger partial charge in [0.15, 0.2) is 0 Å². The van der Waals surface area contributed by atoms with Crippen LogP contribution in [0.2, 0.25) is 0 Å². The van der Waals surface area contributed by atoms with Crippen LogP contribution >= 0.6 is 0 Å². The highest BCUT2D eigenvalue weighted by Gasteiger charge is 2.20. The van der Waals surface area contributed by atoms with Gasteiger partial charge in [-0.2, -0.15) is 0 Å². The molecule has 0 aliphatic heterocycles. The first kappa shape index (κ1) is 15.0. The minimum Gasteiger partial charge on any atom is -0.466 e. The lowest BCUT2D eigenvalue weighted by Crippen LogP contribution is -2.10. The zero-order chi connectivity index (χ0) is 15.1. The van der Waals surface area contributed by atoms with Gasteiger partial charge in [0.25, 0.3) is 5.09 Å². The monoisotopic (exact) mass is 291 g/mol. The molecule has 6 nitrogen and oxygen atoms in total. The topological polar surface area (TPSA) is 78.7 Å². The average molecular weight is 291 g/mol. The largest absolute Gasteiger partial charge is 0.466 e. The Hall–Kier alpha value is -2.37. The highest BCUT2D eigenvalue weighted by atomic mass is 16.9. The fourth-order valence-corrected chi connectivity index (χ4v) is 2.27. The molecule has 1 aliphatic rings. The lowest BCUT2D eigenvalue weighted by molar-refractivity contribution is -0.757. The quantitative estimate of drug-likeness (QED) is 0.318. The van der Waals surface area contributed by atoms with Crippen LogP contribution in [0.25, 0.3) is 6.08 Å². The molecule has 0 heterocycles. The van der Waals surface area contributed by atoms with Crippen molar-refractivity contribution in [3.63, 3.8) is 0 Å². The van der Waals surface area contributed by atoms with E-state index in [1.165, 1.54) is 0 Å². The molecule has 1 unspecified atom stereocenters. The van der Waals surface area contributed by atoms with Gasteiger partial charge < -0.3 is 9.57 Å². The van der Waals surface area contributed by atoms with Gasteiger partial charge in [-0.3, -0.25) is 4.79 Å². The molecule has 1 aromatic carbocycles. The van der Waals surface area contributed by atoms with Crippen LogP contribution in [-0.2, 0) is 14.4 Å². The second-order valence-corrected chi connectivity index (χ2v) is 4.78. The number of benzene rings is 1. The van der Waals surface area contributed by atoms with Gasteiger partial charge in [0.05, 0.1) is 19.6 Å². The fraction of sp³-hybridized carbons (Fsp3) is 0.400. The van der Waals surface area contributed by atoms with Gasteiger partial charge in [-0.1, -0.05) is 36.4 Å². The van der Waals surface area contributed by atoms with Crippen molar-refractivity contribution in [2.75, 3.05) is 13.2 Å². The molecular weight excluding hydrogens is 274 g/mol. The van der Waals surface area contributed by atoms with Crippen molar-refractivity contribution in [3.8, 4) is 0 Å². The maximum absolute atomic E-state index is 11.8. The highest BCUT2D eigenvalue weighted by molar-refractivity contribution is 5.74. The van der Waals surface area contributed by atoms with E-state index in [0.29, 0.717) is 19.3 Å². The molecule has 1 aliphatic carbocycles. The van der Waals surface area contributed by atoms with Gasteiger partial charge >= 0.3 is 5.97 Å². The molecule has 0 amide bonds. The van der Waals surface area contributed by atoms with E-state index in [1.807, 2.05) is 36.4 Å². The minimum atomic E-state index is -0.824. The van der Waals surface area contributed by atoms with Crippen LogP contribution < -0.4 is 0 Å². The summed E-state index contributed by atoms with van der Waals surface area (Å²) >= 11 is 0. The summed E-state index contributed by atoms with van der Waals surface area (Å²) in [5, 5.41) is 9.10. The summed E-state index contributed by atoms with van der Waals surface area (Å²) < 4.78 is 5.13. The number of fused-ring (bicyclic) bond motifs is 1. The summed E-state index contributed by atoms with van der Waals surface area (Å²) in [4.78, 5) is 25.8. The summed E-state index contributed by atoms with van der Waals surface area (Å²) in [5.41, 5.74) is 2.29. The molecule has 21 heavy (non-hydrogen) atoms. The van der Waals surface area contributed by atoms with Crippen molar-refractivity contribution in [3.05, 3.63) is 51.6 Å². The number of hydrogen-bond donors (Lipinski definition) is 0. The molecule has 0 aromatic heterocycles. The van der Waals surface area contributed by atoms with Crippen LogP contribution in [0.5, 0.6) is 0 Å². The van der Waals surface area contributed by atoms with E-state index in [2.05, 4.69) is 4.84 Å². The number of nitrogens with zero attached hydrogens (tertiary/aromatic N) is 1. The lowest BCUT2D eigenvalue weighted by atomic mass is 9.98. The third kappa shape index (κ3) is 4.59. The number of rotatable bonds is 8. The van der Waals surface area contributed by atoms with Crippen LogP contribution in [0.3, 0.4) is 0 Å². The Labute approximate surface area is 122 Å². The first-order valence-corrected chi connectivity index (χ1v) is 6.87. The lowest BCUT2D eigenvalue weighted by Gasteiger charge is -2.10. The van der Waals surface area contributed by atoms with Gasteiger partial charge in [-0.25, -0.2) is 0 Å². The van der Waals surface area contributed by atoms with Crippen LogP contribution in [0.4, 0.5) is 0 Å². The molecular formula is C15H17NO5. The Morgan fingerprint density at radius 2 is 2.00 bits per heavy atom. The number of allylic oxidation sites excluding steroid dienone is 1. The van der Waals surface area contributed by atoms with Crippen LogP contribution in [0.1, 0.15) is 36.3 Å². The van der Waals surface area contributed by atoms with Crippen molar-refractivity contribution < 1.29 is 19.5 Å². The number of hydrogen-bond acceptors (Lipinski definition) is 5. The molecule has 2 rings (SSSR count). The Bertz CT molecular complexity index is 541. The van der Waals surface area contributed by atoms with Crippen molar-refractivity contribution in [1.82, 2.24) is 0 Å². The first-order chi connectivity index (χ1) is 10.2. The van der Waals surface area contributed by atoms with Crippen molar-refractivity contribution >= 4 is 12.0 Å². The Morgan fingerprint density at radius 3 is 2.81 bits per heavy atom. The van der Waals surface area contributed by atoms with Gasteiger partial charge in [0.2, 0.25) is 0 Å². The summed E-state index contributed by atoms with van der Waals surface area (Å²) in [5.74, 6) is -0.178. The van der Waals surface area contributed by atoms with E-state index in [1.54, 1.807) is 0 Å². The number of ether oxygens (including phenoxy) is 1. The number of unbranched alkanes of at least 4 members (excludes halogenated alkanes) is 1. The standard InChI is InChI=1S/C15H17NO5/c17-15(20-9-3-4-10-21-16(18)19)11-13-8-7-12-5-1-2-6-14(12)13/h1-2,5-8,13H,3-4,9-11H2. The molecule has 1 aromatic rings. The Balaban J connectivity index is 1.65. The second-order valence-electron chi connectivity index (χ2n) is 4.78. The Morgan fingerprint density at radius 1 is 1.24 bits per heavy atom. The molecule has 0 spiro atoms. The van der Waals surface area contributed by atoms with Crippen LogP contribution in [-0.4, -0.2) is 24.3 Å². The third-order valence-corrected chi connectivity index (χ3v) is 3.29. The van der Waals surface area contributed by atoms with E-state index in [0.717, 1.165) is 11.1 Å². The normalized spacial score (nSPS) is 15.5. The maximum Gasteiger partial charge on any atom is 0.306 e. The van der Waals surface area contributed by atoms with Gasteiger partial charge in [-0.15, -0.1) is 10.1 Å². The van der Waals surface area contributed by atoms with Crippen molar-refractivity contribution in [2.24, 2.45) is 0 Å². The van der Waals surface area contributed by atoms with E-state index >= 15 is 0 Å². The Kier molecular flexibility index (Phi) is 5.31. The second kappa shape index (κ2) is 7.42. The smallest absolute Gasteiger partial charge is 0.306 e. The first-order valence-electron chi connectivity index (χ1n) is 6.87. The summed E-state index contributed by atoms with van der Waals surface area (Å²) in [7, 11) is 0. The van der Waals surface area contributed by atoms with Crippen LogP contribution in [0.15, 0.2) is 30.3 Å². The predicted molar refractivity (Wildman–Crippen MR) is 76.0 cm³/mol. The zero-order valence-electron chi connectivity index (χ0n) is 11.6. The molecule has 6 heteroatoms. The molecule has 0 bridgehead atoms. The summed E-state index contributed by atoms with van der Waals surface area (Å²) in [6, 6.07) is 7.96. The SMILES string of the molecule is O=C(CC1C=Cc2ccccc21)OCCCCO[N+](=O)[O-]. The van der Waals surface area contributed by atoms with Crippen LogP contribution in [0, 0.1) is 10.1 Å². The van der Waals surface area contributed by atoms with Gasteiger partial charge in [0.1, 0.15) is 0 Å². The minimum absolute atomic E-state index is 0.0310. The molecule has 0 saturated heterocycles. The molecule has 0 N–H and O–H groups in total. The van der Waals surface area contributed by atoms with E-state index < -0.39 is 5.09 Å².